The maximum Gasteiger partial charge on any atom is 0.0487 e. The first-order chi connectivity index (χ1) is 11.2. The third kappa shape index (κ3) is 2.88. The molecule has 4 rings (SSSR count). The zero-order valence-electron chi connectivity index (χ0n) is 15.6. The molecule has 0 spiro atoms. The maximum absolute atomic E-state index is 2.23. The molecule has 128 valence electrons. The first kappa shape index (κ1) is 18.1. The summed E-state index contributed by atoms with van der Waals surface area (Å²) < 4.78 is 3.01. The van der Waals surface area contributed by atoms with Crippen LogP contribution < -0.4 is 0 Å². The first-order valence-electron chi connectivity index (χ1n) is 8.13. The van der Waals surface area contributed by atoms with E-state index in [2.05, 4.69) is 55.4 Å². The lowest BCUT2D eigenvalue weighted by atomic mass is 10.2. The molecule has 0 saturated carbocycles. The van der Waals surface area contributed by atoms with Gasteiger partial charge in [-0.25, -0.2) is 0 Å². The topological polar surface area (TPSA) is 0 Å². The van der Waals surface area contributed by atoms with E-state index >= 15 is 0 Å². The molecular formula is C20H24S4. The molecule has 4 aromatic heterocycles. The van der Waals surface area contributed by atoms with E-state index in [4.69, 9.17) is 0 Å². The predicted molar refractivity (Wildman–Crippen MR) is 117 cm³/mol. The second-order valence-corrected chi connectivity index (χ2v) is 11.7. The van der Waals surface area contributed by atoms with Gasteiger partial charge in [-0.15, -0.1) is 45.3 Å². The number of rotatable bonds is 0. The smallest absolute Gasteiger partial charge is 0.0487 e. The Hall–Kier alpha value is -0.680. The van der Waals surface area contributed by atoms with Crippen molar-refractivity contribution in [1.82, 2.24) is 0 Å². The summed E-state index contributed by atoms with van der Waals surface area (Å²) in [5.41, 5.74) is 2.97. The van der Waals surface area contributed by atoms with E-state index in [1.807, 2.05) is 45.3 Å². The van der Waals surface area contributed by atoms with Gasteiger partial charge in [-0.3, -0.25) is 0 Å². The standard InChI is InChI=1S/2C10H12S2/c2*1-5-6(2)12-10-8(4)11-7(3)9(5)10/h2*1-4H3. The zero-order chi connectivity index (χ0) is 17.8. The lowest BCUT2D eigenvalue weighted by Crippen LogP contribution is -1.69. The molecule has 0 fully saturated rings. The van der Waals surface area contributed by atoms with Gasteiger partial charge in [-0.2, -0.15) is 0 Å². The van der Waals surface area contributed by atoms with Crippen molar-refractivity contribution in [3.63, 3.8) is 0 Å². The van der Waals surface area contributed by atoms with E-state index in [0.717, 1.165) is 0 Å². The summed E-state index contributed by atoms with van der Waals surface area (Å²) >= 11 is 7.72. The monoisotopic (exact) mass is 392 g/mol. The zero-order valence-corrected chi connectivity index (χ0v) is 18.9. The molecule has 0 radical (unpaired) electrons. The van der Waals surface area contributed by atoms with Gasteiger partial charge in [0.2, 0.25) is 0 Å². The summed E-state index contributed by atoms with van der Waals surface area (Å²) in [6.45, 7) is 17.8. The molecule has 24 heavy (non-hydrogen) atoms. The normalized spacial score (nSPS) is 11.3. The van der Waals surface area contributed by atoms with Crippen LogP contribution in [0.2, 0.25) is 0 Å². The van der Waals surface area contributed by atoms with Crippen LogP contribution in [0.1, 0.15) is 40.4 Å². The number of fused-ring (bicyclic) bond motifs is 2. The Labute approximate surface area is 160 Å². The van der Waals surface area contributed by atoms with Gasteiger partial charge in [0.15, 0.2) is 0 Å². The van der Waals surface area contributed by atoms with Crippen LogP contribution in [0.4, 0.5) is 0 Å². The van der Waals surface area contributed by atoms with Gasteiger partial charge in [0.25, 0.3) is 0 Å². The van der Waals surface area contributed by atoms with E-state index in [1.54, 1.807) is 0 Å². The Morgan fingerprint density at radius 1 is 0.375 bits per heavy atom. The number of hydrogen-bond donors (Lipinski definition) is 0. The van der Waals surface area contributed by atoms with E-state index in [9.17, 15) is 0 Å². The molecule has 0 aliphatic rings. The van der Waals surface area contributed by atoms with Crippen molar-refractivity contribution in [2.75, 3.05) is 0 Å². The lowest BCUT2D eigenvalue weighted by Gasteiger charge is -1.88. The predicted octanol–water partition coefficient (Wildman–Crippen LogP) is 8.39. The summed E-state index contributed by atoms with van der Waals surface area (Å²) in [4.78, 5) is 8.85. The van der Waals surface area contributed by atoms with Crippen LogP contribution in [-0.2, 0) is 0 Å². The Morgan fingerprint density at radius 2 is 0.708 bits per heavy atom. The van der Waals surface area contributed by atoms with Gasteiger partial charge in [-0.05, 0) is 66.5 Å². The number of thiophene rings is 4. The highest BCUT2D eigenvalue weighted by Gasteiger charge is 2.12. The molecule has 4 heterocycles. The minimum atomic E-state index is 1.47. The summed E-state index contributed by atoms with van der Waals surface area (Å²) in [7, 11) is 0. The lowest BCUT2D eigenvalue weighted by molar-refractivity contribution is 1.46. The fourth-order valence-electron chi connectivity index (χ4n) is 3.25. The van der Waals surface area contributed by atoms with Crippen LogP contribution in [0.3, 0.4) is 0 Å². The van der Waals surface area contributed by atoms with E-state index in [-0.39, 0.29) is 0 Å². The third-order valence-electron chi connectivity index (χ3n) is 4.73. The number of aryl methyl sites for hydroxylation is 8. The highest BCUT2D eigenvalue weighted by Crippen LogP contribution is 2.40. The molecule has 0 aliphatic heterocycles. The van der Waals surface area contributed by atoms with Crippen molar-refractivity contribution in [1.29, 1.82) is 0 Å². The van der Waals surface area contributed by atoms with E-state index in [1.165, 1.54) is 60.6 Å². The van der Waals surface area contributed by atoms with Crippen LogP contribution in [0.15, 0.2) is 0 Å². The van der Waals surface area contributed by atoms with Gasteiger partial charge >= 0.3 is 0 Å². The first-order valence-corrected chi connectivity index (χ1v) is 11.4. The van der Waals surface area contributed by atoms with Crippen LogP contribution in [0, 0.1) is 55.4 Å². The highest BCUT2D eigenvalue weighted by molar-refractivity contribution is 7.25. The quantitative estimate of drug-likeness (QED) is 0.282. The van der Waals surface area contributed by atoms with Crippen molar-refractivity contribution in [3.05, 3.63) is 40.4 Å². The summed E-state index contributed by atoms with van der Waals surface area (Å²) in [5, 5.41) is 3.03. The van der Waals surface area contributed by atoms with E-state index < -0.39 is 0 Å². The van der Waals surface area contributed by atoms with Crippen molar-refractivity contribution < 1.29 is 0 Å². The van der Waals surface area contributed by atoms with Crippen molar-refractivity contribution in [3.8, 4) is 0 Å². The van der Waals surface area contributed by atoms with Crippen molar-refractivity contribution in [2.45, 2.75) is 55.4 Å². The Bertz CT molecular complexity index is 949. The summed E-state index contributed by atoms with van der Waals surface area (Å²) in [6, 6.07) is 0. The summed E-state index contributed by atoms with van der Waals surface area (Å²) in [5.74, 6) is 0. The SMILES string of the molecule is Cc1sc2c(C)sc(C)c2c1C.Cc1sc2c(C)sc(C)c2c1C. The Kier molecular flexibility index (Phi) is 4.95. The molecular weight excluding hydrogens is 368 g/mol. The van der Waals surface area contributed by atoms with Gasteiger partial charge in [-0.1, -0.05) is 0 Å². The molecule has 4 aromatic rings. The van der Waals surface area contributed by atoms with E-state index in [0.29, 0.717) is 0 Å². The molecule has 0 bridgehead atoms. The maximum atomic E-state index is 2.23. The molecule has 0 nitrogen and oxygen atoms in total. The van der Waals surface area contributed by atoms with Crippen LogP contribution >= 0.6 is 45.3 Å². The molecule has 0 aromatic carbocycles. The molecule has 0 amide bonds. The van der Waals surface area contributed by atoms with Crippen LogP contribution in [0.25, 0.3) is 20.2 Å². The fourth-order valence-corrected chi connectivity index (χ4v) is 8.13. The molecule has 0 atom stereocenters. The van der Waals surface area contributed by atoms with Crippen molar-refractivity contribution in [2.24, 2.45) is 0 Å². The largest absolute Gasteiger partial charge is 0.144 e. The third-order valence-corrected chi connectivity index (χ3v) is 9.68. The second kappa shape index (κ2) is 6.56. The average Bonchev–Trinajstić information content (AvgIpc) is 3.15. The Morgan fingerprint density at radius 3 is 1.00 bits per heavy atom. The van der Waals surface area contributed by atoms with Crippen LogP contribution in [-0.4, -0.2) is 0 Å². The van der Waals surface area contributed by atoms with Gasteiger partial charge in [0.1, 0.15) is 0 Å². The minimum absolute atomic E-state index is 1.47. The molecule has 0 unspecified atom stereocenters. The molecule has 0 aliphatic carbocycles. The average molecular weight is 393 g/mol. The Balaban J connectivity index is 0.000000141. The van der Waals surface area contributed by atoms with Gasteiger partial charge in [0.05, 0.1) is 0 Å². The van der Waals surface area contributed by atoms with Crippen LogP contribution in [0.5, 0.6) is 0 Å². The van der Waals surface area contributed by atoms with Crippen molar-refractivity contribution >= 4 is 65.5 Å². The van der Waals surface area contributed by atoms with Gasteiger partial charge in [0, 0.05) is 49.4 Å². The summed E-state index contributed by atoms with van der Waals surface area (Å²) in [6.07, 6.45) is 0. The number of hydrogen-bond acceptors (Lipinski definition) is 4. The molecule has 0 N–H and O–H groups in total. The minimum Gasteiger partial charge on any atom is -0.144 e. The van der Waals surface area contributed by atoms with Gasteiger partial charge < -0.3 is 0 Å². The molecule has 4 heteroatoms. The second-order valence-electron chi connectivity index (χ2n) is 6.40. The highest BCUT2D eigenvalue weighted by atomic mass is 32.1. The fraction of sp³-hybridized carbons (Fsp3) is 0.400. The molecule has 0 saturated heterocycles.